The van der Waals surface area contributed by atoms with E-state index in [4.69, 9.17) is 0 Å². The number of thiophene rings is 1. The van der Waals surface area contributed by atoms with Crippen LogP contribution in [0.15, 0.2) is 103 Å². The number of aliphatic carboxylic acids is 1. The summed E-state index contributed by atoms with van der Waals surface area (Å²) in [5.41, 5.74) is 13.6. The van der Waals surface area contributed by atoms with Crippen LogP contribution in [-0.2, 0) is 17.6 Å². The van der Waals surface area contributed by atoms with Crippen LogP contribution in [0.4, 0.5) is 22.7 Å². The van der Waals surface area contributed by atoms with Crippen LogP contribution >= 0.6 is 11.3 Å². The first-order valence-electron chi connectivity index (χ1n) is 19.4. The molecule has 4 aromatic carbocycles. The van der Waals surface area contributed by atoms with Crippen LogP contribution in [0.1, 0.15) is 108 Å². The standard InChI is InChI=1S/C48H49N3O2S/c1-5-32(3)34-11-17-41(18-12-34)50-25-7-9-38-27-36(15-23-46(38)50)45(30-44-22-21-43(54-44)29-40(31-49)48(52)53)37-16-24-47-39(28-37)10-8-26-51(47)42-19-13-35(14-20-42)33(4)6-2/h11-24,27-30,32-33H,5-10,25-26H2,1-4H3,(H,52,53)/b40-29+,45-30?. The summed E-state index contributed by atoms with van der Waals surface area (Å²) in [6, 6.07) is 37.8. The Morgan fingerprint density at radius 2 is 1.19 bits per heavy atom. The molecule has 5 nitrogen and oxygen atoms in total. The summed E-state index contributed by atoms with van der Waals surface area (Å²) in [7, 11) is 0. The van der Waals surface area contributed by atoms with Crippen molar-refractivity contribution in [2.45, 2.75) is 78.1 Å². The average molecular weight is 732 g/mol. The summed E-state index contributed by atoms with van der Waals surface area (Å²) >= 11 is 1.49. The molecule has 274 valence electrons. The highest BCUT2D eigenvalue weighted by Gasteiger charge is 2.23. The van der Waals surface area contributed by atoms with Gasteiger partial charge in [0, 0.05) is 45.6 Å². The zero-order valence-corrected chi connectivity index (χ0v) is 32.6. The fraction of sp³-hybridized carbons (Fsp3) is 0.292. The SMILES string of the molecule is CCC(C)c1ccc(N2CCCc3cc(C(=Cc4ccc(/C=C(\C#N)C(=O)O)s4)c4ccc5c(c4)CCCN5c4ccc(C(C)CC)cc4)ccc32)cc1. The van der Waals surface area contributed by atoms with Crippen LogP contribution in [0.5, 0.6) is 0 Å². The van der Waals surface area contributed by atoms with Gasteiger partial charge in [0.15, 0.2) is 0 Å². The first kappa shape index (κ1) is 37.0. The van der Waals surface area contributed by atoms with E-state index in [0.717, 1.165) is 78.1 Å². The lowest BCUT2D eigenvalue weighted by Crippen LogP contribution is -2.24. The maximum Gasteiger partial charge on any atom is 0.346 e. The third-order valence-corrected chi connectivity index (χ3v) is 12.3. The molecule has 0 saturated carbocycles. The van der Waals surface area contributed by atoms with Gasteiger partial charge in [-0.1, -0.05) is 64.1 Å². The van der Waals surface area contributed by atoms with Crippen molar-refractivity contribution in [2.75, 3.05) is 22.9 Å². The molecule has 2 aliphatic heterocycles. The second kappa shape index (κ2) is 16.3. The lowest BCUT2D eigenvalue weighted by atomic mass is 9.89. The number of anilines is 4. The predicted octanol–water partition coefficient (Wildman–Crippen LogP) is 12.5. The molecule has 0 amide bonds. The van der Waals surface area contributed by atoms with E-state index >= 15 is 0 Å². The zero-order valence-electron chi connectivity index (χ0n) is 31.8. The van der Waals surface area contributed by atoms with Crippen LogP contribution in [0, 0.1) is 11.3 Å². The highest BCUT2D eigenvalue weighted by atomic mass is 32.1. The number of nitriles is 1. The molecule has 2 aliphatic rings. The highest BCUT2D eigenvalue weighted by molar-refractivity contribution is 7.13. The molecule has 1 N–H and O–H groups in total. The number of carboxylic acids is 1. The molecule has 0 spiro atoms. The fourth-order valence-corrected chi connectivity index (χ4v) is 8.68. The lowest BCUT2D eigenvalue weighted by molar-refractivity contribution is -0.132. The average Bonchev–Trinajstić information content (AvgIpc) is 3.67. The second-order valence-electron chi connectivity index (χ2n) is 14.8. The molecule has 0 radical (unpaired) electrons. The largest absolute Gasteiger partial charge is 0.477 e. The van der Waals surface area contributed by atoms with E-state index < -0.39 is 5.97 Å². The maximum atomic E-state index is 11.6. The van der Waals surface area contributed by atoms with Crippen molar-refractivity contribution >= 4 is 57.8 Å². The zero-order chi connectivity index (χ0) is 37.8. The van der Waals surface area contributed by atoms with E-state index in [9.17, 15) is 15.2 Å². The third kappa shape index (κ3) is 7.79. The van der Waals surface area contributed by atoms with Crippen molar-refractivity contribution in [3.63, 3.8) is 0 Å². The van der Waals surface area contributed by atoms with Crippen LogP contribution in [-0.4, -0.2) is 24.2 Å². The molecule has 0 aliphatic carbocycles. The maximum absolute atomic E-state index is 11.6. The normalized spacial score (nSPS) is 15.1. The second-order valence-corrected chi connectivity index (χ2v) is 15.9. The number of aryl methyl sites for hydroxylation is 2. The Bertz CT molecular complexity index is 2120. The smallest absolute Gasteiger partial charge is 0.346 e. The van der Waals surface area contributed by atoms with E-state index in [1.54, 1.807) is 6.07 Å². The van der Waals surface area contributed by atoms with E-state index in [2.05, 4.69) is 128 Å². The number of hydrogen-bond donors (Lipinski definition) is 1. The Balaban J connectivity index is 1.27. The monoisotopic (exact) mass is 731 g/mol. The molecule has 6 heteroatoms. The van der Waals surface area contributed by atoms with Crippen molar-refractivity contribution in [3.8, 4) is 6.07 Å². The van der Waals surface area contributed by atoms with Crippen LogP contribution in [0.2, 0.25) is 0 Å². The van der Waals surface area contributed by atoms with Crippen molar-refractivity contribution in [1.29, 1.82) is 5.26 Å². The fourth-order valence-electron chi connectivity index (χ4n) is 7.79. The lowest BCUT2D eigenvalue weighted by Gasteiger charge is -2.33. The molecule has 7 rings (SSSR count). The van der Waals surface area contributed by atoms with Gasteiger partial charge in [-0.05, 0) is 162 Å². The van der Waals surface area contributed by atoms with E-state index in [-0.39, 0.29) is 5.57 Å². The van der Waals surface area contributed by atoms with Crippen LogP contribution in [0.25, 0.3) is 17.7 Å². The first-order chi connectivity index (χ1) is 26.3. The van der Waals surface area contributed by atoms with E-state index in [1.165, 1.54) is 62.4 Å². The number of hydrogen-bond acceptors (Lipinski definition) is 5. The molecule has 5 aromatic rings. The van der Waals surface area contributed by atoms with Gasteiger partial charge >= 0.3 is 5.97 Å². The summed E-state index contributed by atoms with van der Waals surface area (Å²) in [5, 5.41) is 18.8. The minimum Gasteiger partial charge on any atom is -0.477 e. The summed E-state index contributed by atoms with van der Waals surface area (Å²) in [4.78, 5) is 18.2. The van der Waals surface area contributed by atoms with Gasteiger partial charge in [0.1, 0.15) is 11.6 Å². The number of benzene rings is 4. The minimum atomic E-state index is -1.21. The van der Waals surface area contributed by atoms with Gasteiger partial charge < -0.3 is 14.9 Å². The number of carbonyl (C=O) groups is 1. The topological polar surface area (TPSA) is 67.6 Å². The third-order valence-electron chi connectivity index (χ3n) is 11.4. The van der Waals surface area contributed by atoms with Gasteiger partial charge in [-0.3, -0.25) is 0 Å². The van der Waals surface area contributed by atoms with Crippen molar-refractivity contribution in [2.24, 2.45) is 0 Å². The predicted molar refractivity (Wildman–Crippen MR) is 226 cm³/mol. The summed E-state index contributed by atoms with van der Waals surface area (Å²) in [6.45, 7) is 11.0. The quantitative estimate of drug-likeness (QED) is 0.108. The van der Waals surface area contributed by atoms with Gasteiger partial charge in [0.25, 0.3) is 0 Å². The molecule has 0 fully saturated rings. The number of fused-ring (bicyclic) bond motifs is 2. The number of rotatable bonds is 11. The van der Waals surface area contributed by atoms with Gasteiger partial charge in [-0.15, -0.1) is 11.3 Å². The van der Waals surface area contributed by atoms with Gasteiger partial charge in [0.05, 0.1) is 0 Å². The Morgan fingerprint density at radius 3 is 1.61 bits per heavy atom. The molecule has 2 unspecified atom stereocenters. The van der Waals surface area contributed by atoms with Crippen molar-refractivity contribution < 1.29 is 9.90 Å². The van der Waals surface area contributed by atoms with E-state index in [0.29, 0.717) is 11.8 Å². The molecule has 3 heterocycles. The molecule has 0 saturated heterocycles. The van der Waals surface area contributed by atoms with Crippen molar-refractivity contribution in [3.05, 3.63) is 146 Å². The Morgan fingerprint density at radius 1 is 0.722 bits per heavy atom. The summed E-state index contributed by atoms with van der Waals surface area (Å²) < 4.78 is 0. The van der Waals surface area contributed by atoms with Gasteiger partial charge in [-0.25, -0.2) is 4.79 Å². The highest BCUT2D eigenvalue weighted by Crippen LogP contribution is 2.41. The minimum absolute atomic E-state index is 0.268. The number of carboxylic acid groups (broad SMARTS) is 1. The van der Waals surface area contributed by atoms with Gasteiger partial charge in [-0.2, -0.15) is 5.26 Å². The molecule has 0 bridgehead atoms. The number of nitrogens with zero attached hydrogens (tertiary/aromatic N) is 3. The van der Waals surface area contributed by atoms with Crippen LogP contribution < -0.4 is 9.80 Å². The summed E-state index contributed by atoms with van der Waals surface area (Å²) in [6.07, 6.45) is 10.1. The Labute approximate surface area is 324 Å². The Hall–Kier alpha value is -5.38. The van der Waals surface area contributed by atoms with Gasteiger partial charge in [0.2, 0.25) is 0 Å². The van der Waals surface area contributed by atoms with Crippen molar-refractivity contribution in [1.82, 2.24) is 0 Å². The summed E-state index contributed by atoms with van der Waals surface area (Å²) in [5.74, 6) is -0.115. The molecule has 54 heavy (non-hydrogen) atoms. The molecule has 1 aromatic heterocycles. The first-order valence-corrected chi connectivity index (χ1v) is 20.3. The molecule has 2 atom stereocenters. The van der Waals surface area contributed by atoms with Crippen LogP contribution in [0.3, 0.4) is 0 Å². The molecular weight excluding hydrogens is 683 g/mol. The van der Waals surface area contributed by atoms with E-state index in [1.807, 2.05) is 12.1 Å². The Kier molecular flexibility index (Phi) is 11.2. The molecular formula is C48H49N3O2S.